The summed E-state index contributed by atoms with van der Waals surface area (Å²) in [4.78, 5) is 2.10. The van der Waals surface area contributed by atoms with Crippen molar-refractivity contribution < 1.29 is 26.3 Å². The summed E-state index contributed by atoms with van der Waals surface area (Å²) in [5, 5.41) is 0. The maximum atomic E-state index is 12.9. The molecule has 3 aromatic carbocycles. The molecule has 0 heterocycles. The molecule has 0 aliphatic heterocycles. The quantitative estimate of drug-likeness (QED) is 0.387. The fraction of sp³-hybridized carbons (Fsp3) is 0.143. The SMILES string of the molecule is CS(c1ccccc1)(c1ccc(C(F)(F)F)cc1)c1ccc(C(F)(F)F)cc1. The molecular formula is C21H16F6S. The summed E-state index contributed by atoms with van der Waals surface area (Å²) in [6.45, 7) is 0. The van der Waals surface area contributed by atoms with Gasteiger partial charge in [0.1, 0.15) is 0 Å². The molecule has 0 amide bonds. The van der Waals surface area contributed by atoms with E-state index in [4.69, 9.17) is 0 Å². The van der Waals surface area contributed by atoms with E-state index in [1.54, 1.807) is 12.1 Å². The molecule has 3 aromatic rings. The molecule has 0 nitrogen and oxygen atoms in total. The van der Waals surface area contributed by atoms with Crippen LogP contribution >= 0.6 is 10.0 Å². The Morgan fingerprint density at radius 2 is 0.821 bits per heavy atom. The van der Waals surface area contributed by atoms with E-state index in [0.717, 1.165) is 29.2 Å². The summed E-state index contributed by atoms with van der Waals surface area (Å²) in [6.07, 6.45) is -7.04. The van der Waals surface area contributed by atoms with Crippen molar-refractivity contribution in [3.8, 4) is 0 Å². The Kier molecular flexibility index (Phi) is 5.23. The minimum absolute atomic E-state index is 0.631. The average molecular weight is 414 g/mol. The lowest BCUT2D eigenvalue weighted by molar-refractivity contribution is -0.138. The van der Waals surface area contributed by atoms with E-state index in [2.05, 4.69) is 0 Å². The summed E-state index contributed by atoms with van der Waals surface area (Å²) < 4.78 is 77.5. The molecule has 0 aliphatic carbocycles. The first-order chi connectivity index (χ1) is 13.0. The summed E-state index contributed by atoms with van der Waals surface area (Å²) in [7, 11) is -2.03. The van der Waals surface area contributed by atoms with Crippen LogP contribution in [-0.2, 0) is 12.4 Å². The summed E-state index contributed by atoms with van der Waals surface area (Å²) in [5.41, 5.74) is -1.53. The lowest BCUT2D eigenvalue weighted by Gasteiger charge is -2.37. The maximum absolute atomic E-state index is 12.9. The molecule has 7 heteroatoms. The second-order valence-corrected chi connectivity index (χ2v) is 9.53. The molecular weight excluding hydrogens is 398 g/mol. The molecule has 28 heavy (non-hydrogen) atoms. The Morgan fingerprint density at radius 1 is 0.500 bits per heavy atom. The van der Waals surface area contributed by atoms with Crippen molar-refractivity contribution in [2.75, 3.05) is 6.26 Å². The zero-order valence-electron chi connectivity index (χ0n) is 14.7. The van der Waals surface area contributed by atoms with Gasteiger partial charge in [-0.15, -0.1) is 0 Å². The van der Waals surface area contributed by atoms with Crippen LogP contribution in [0.5, 0.6) is 0 Å². The van der Waals surface area contributed by atoms with Crippen LogP contribution in [0.3, 0.4) is 0 Å². The molecule has 0 atom stereocenters. The van der Waals surface area contributed by atoms with E-state index in [1.165, 1.54) is 24.3 Å². The molecule has 0 N–H and O–H groups in total. The number of benzene rings is 3. The fourth-order valence-corrected chi connectivity index (χ4v) is 5.81. The molecule has 0 unspecified atom stereocenters. The van der Waals surface area contributed by atoms with E-state index in [-0.39, 0.29) is 0 Å². The Bertz CT molecular complexity index is 868. The molecule has 3 rings (SSSR count). The van der Waals surface area contributed by atoms with Crippen LogP contribution in [-0.4, -0.2) is 6.26 Å². The molecule has 0 saturated heterocycles. The van der Waals surface area contributed by atoms with E-state index in [1.807, 2.05) is 24.5 Å². The van der Waals surface area contributed by atoms with Crippen molar-refractivity contribution in [3.63, 3.8) is 0 Å². The van der Waals surface area contributed by atoms with Gasteiger partial charge in [-0.05, 0) is 81.6 Å². The normalized spacial score (nSPS) is 13.4. The van der Waals surface area contributed by atoms with Gasteiger partial charge in [-0.1, -0.05) is 18.2 Å². The van der Waals surface area contributed by atoms with Gasteiger partial charge in [-0.2, -0.15) is 36.4 Å². The van der Waals surface area contributed by atoms with E-state index in [0.29, 0.717) is 9.79 Å². The van der Waals surface area contributed by atoms with Crippen LogP contribution < -0.4 is 0 Å². The Hall–Kier alpha value is -2.41. The van der Waals surface area contributed by atoms with Gasteiger partial charge in [0.05, 0.1) is 11.1 Å². The number of hydrogen-bond donors (Lipinski definition) is 0. The average Bonchev–Trinajstić information content (AvgIpc) is 2.67. The van der Waals surface area contributed by atoms with Gasteiger partial charge >= 0.3 is 12.4 Å². The highest BCUT2D eigenvalue weighted by Crippen LogP contribution is 2.65. The van der Waals surface area contributed by atoms with Gasteiger partial charge < -0.3 is 0 Å². The second-order valence-electron chi connectivity index (χ2n) is 6.28. The van der Waals surface area contributed by atoms with Crippen molar-refractivity contribution in [3.05, 3.63) is 90.0 Å². The molecule has 0 fully saturated rings. The van der Waals surface area contributed by atoms with Crippen molar-refractivity contribution in [2.45, 2.75) is 27.0 Å². The van der Waals surface area contributed by atoms with Gasteiger partial charge in [0, 0.05) is 0 Å². The van der Waals surface area contributed by atoms with Gasteiger partial charge in [0.2, 0.25) is 0 Å². The van der Waals surface area contributed by atoms with Crippen LogP contribution in [0.1, 0.15) is 11.1 Å². The number of rotatable bonds is 3. The topological polar surface area (TPSA) is 0 Å². The third-order valence-electron chi connectivity index (χ3n) is 4.52. The minimum Gasteiger partial charge on any atom is -0.166 e. The van der Waals surface area contributed by atoms with Crippen LogP contribution in [0, 0.1) is 0 Å². The summed E-state index contributed by atoms with van der Waals surface area (Å²) in [5.74, 6) is 0. The van der Waals surface area contributed by atoms with Crippen LogP contribution in [0.25, 0.3) is 0 Å². The summed E-state index contributed by atoms with van der Waals surface area (Å²) in [6, 6.07) is 18.7. The van der Waals surface area contributed by atoms with Crippen molar-refractivity contribution in [1.29, 1.82) is 0 Å². The van der Waals surface area contributed by atoms with E-state index in [9.17, 15) is 26.3 Å². The van der Waals surface area contributed by atoms with Gasteiger partial charge in [-0.3, -0.25) is 0 Å². The first-order valence-corrected chi connectivity index (χ1v) is 10.2. The number of alkyl halides is 6. The maximum Gasteiger partial charge on any atom is 0.416 e. The Labute approximate surface area is 160 Å². The van der Waals surface area contributed by atoms with Crippen LogP contribution in [0.4, 0.5) is 26.3 Å². The number of hydrogen-bond acceptors (Lipinski definition) is 0. The highest BCUT2D eigenvalue weighted by Gasteiger charge is 2.33. The monoisotopic (exact) mass is 414 g/mol. The third kappa shape index (κ3) is 3.90. The minimum atomic E-state index is -4.45. The standard InChI is InChI=1S/C21H16F6S/c1-28(17-5-3-2-4-6-17,18-11-7-15(8-12-18)20(22,23)24)19-13-9-16(10-14-19)21(25,26)27/h2-14H,1H3. The van der Waals surface area contributed by atoms with Crippen molar-refractivity contribution >= 4 is 10.0 Å². The van der Waals surface area contributed by atoms with Gasteiger partial charge in [0.15, 0.2) is 0 Å². The third-order valence-corrected chi connectivity index (χ3v) is 8.17. The van der Waals surface area contributed by atoms with Gasteiger partial charge in [0.25, 0.3) is 0 Å². The molecule has 0 saturated carbocycles. The molecule has 0 aromatic heterocycles. The molecule has 148 valence electrons. The lowest BCUT2D eigenvalue weighted by atomic mass is 10.2. The molecule has 0 aliphatic rings. The van der Waals surface area contributed by atoms with E-state index >= 15 is 0 Å². The molecule has 0 radical (unpaired) electrons. The fourth-order valence-electron chi connectivity index (χ4n) is 2.93. The zero-order valence-corrected chi connectivity index (χ0v) is 15.5. The Balaban J connectivity index is 2.14. The first-order valence-electron chi connectivity index (χ1n) is 8.21. The van der Waals surface area contributed by atoms with Crippen LogP contribution in [0.2, 0.25) is 0 Å². The van der Waals surface area contributed by atoms with Gasteiger partial charge in [-0.25, -0.2) is 0 Å². The zero-order chi connectivity index (χ0) is 20.6. The smallest absolute Gasteiger partial charge is 0.166 e. The highest BCUT2D eigenvalue weighted by atomic mass is 32.3. The van der Waals surface area contributed by atoms with E-state index < -0.39 is 33.5 Å². The second kappa shape index (κ2) is 7.20. The van der Waals surface area contributed by atoms with Crippen molar-refractivity contribution in [2.24, 2.45) is 0 Å². The molecule has 0 bridgehead atoms. The predicted octanol–water partition coefficient (Wildman–Crippen LogP) is 7.64. The molecule has 0 spiro atoms. The van der Waals surface area contributed by atoms with Crippen LogP contribution in [0.15, 0.2) is 93.5 Å². The highest BCUT2D eigenvalue weighted by molar-refractivity contribution is 8.33. The summed E-state index contributed by atoms with van der Waals surface area (Å²) >= 11 is 0. The largest absolute Gasteiger partial charge is 0.416 e. The first kappa shape index (κ1) is 20.3. The Morgan fingerprint density at radius 3 is 1.14 bits per heavy atom. The lowest BCUT2D eigenvalue weighted by Crippen LogP contribution is -2.07. The number of halogens is 6. The van der Waals surface area contributed by atoms with Crippen molar-refractivity contribution in [1.82, 2.24) is 0 Å². The predicted molar refractivity (Wildman–Crippen MR) is 97.6 cm³/mol.